The number of para-hydroxylation sites is 1. The van der Waals surface area contributed by atoms with Crippen molar-refractivity contribution in [1.29, 1.82) is 0 Å². The molecule has 1 fully saturated rings. The first-order chi connectivity index (χ1) is 18.1. The number of nitrogens with zero attached hydrogens (tertiary/aromatic N) is 1. The van der Waals surface area contributed by atoms with Crippen LogP contribution in [0.15, 0.2) is 88.4 Å². The van der Waals surface area contributed by atoms with Crippen LogP contribution in [0, 0.1) is 0 Å². The van der Waals surface area contributed by atoms with Crippen LogP contribution in [0.3, 0.4) is 0 Å². The lowest BCUT2D eigenvalue weighted by molar-refractivity contribution is -0.137. The highest BCUT2D eigenvalue weighted by Crippen LogP contribution is 2.31. The van der Waals surface area contributed by atoms with Gasteiger partial charge in [-0.2, -0.15) is 17.5 Å². The van der Waals surface area contributed by atoms with Gasteiger partial charge < -0.3 is 14.5 Å². The maximum absolute atomic E-state index is 13.1. The highest BCUT2D eigenvalue weighted by molar-refractivity contribution is 7.89. The van der Waals surface area contributed by atoms with E-state index in [1.807, 2.05) is 0 Å². The van der Waals surface area contributed by atoms with Crippen molar-refractivity contribution in [3.05, 3.63) is 95.6 Å². The third-order valence-corrected chi connectivity index (χ3v) is 8.06. The summed E-state index contributed by atoms with van der Waals surface area (Å²) in [6.45, 7) is 0.431. The fourth-order valence-electron chi connectivity index (χ4n) is 4.12. The number of halogens is 3. The lowest BCUT2D eigenvalue weighted by Gasteiger charge is -2.37. The number of fused-ring (bicyclic) bond motifs is 1. The van der Waals surface area contributed by atoms with Crippen molar-refractivity contribution in [2.24, 2.45) is 0 Å². The van der Waals surface area contributed by atoms with Crippen molar-refractivity contribution >= 4 is 26.9 Å². The molecular weight excluding hydrogens is 521 g/mol. The van der Waals surface area contributed by atoms with Crippen molar-refractivity contribution in [2.45, 2.75) is 36.9 Å². The first-order valence-corrected chi connectivity index (χ1v) is 13.2. The summed E-state index contributed by atoms with van der Waals surface area (Å²) in [5, 5.41) is 3.22. The van der Waals surface area contributed by atoms with Gasteiger partial charge in [-0.1, -0.05) is 42.5 Å². The molecular formula is C27H23F3N2O5S. The van der Waals surface area contributed by atoms with Crippen molar-refractivity contribution in [1.82, 2.24) is 9.62 Å². The average molecular weight is 545 g/mol. The largest absolute Gasteiger partial charge is 0.489 e. The number of amides is 1. The van der Waals surface area contributed by atoms with Crippen LogP contribution in [-0.2, 0) is 34.1 Å². The topological polar surface area (TPSA) is 88.9 Å². The lowest BCUT2D eigenvalue weighted by atomic mass is 10.1. The fraction of sp³-hybridized carbons (Fsp3) is 0.222. The smallest absolute Gasteiger partial charge is 0.416 e. The molecule has 3 aromatic carbocycles. The molecule has 0 aliphatic carbocycles. The Kier molecular flexibility index (Phi) is 6.89. The Labute approximate surface area is 216 Å². The molecule has 0 radical (unpaired) electrons. The number of benzene rings is 3. The van der Waals surface area contributed by atoms with Gasteiger partial charge in [0.05, 0.1) is 5.56 Å². The molecule has 7 nitrogen and oxygen atoms in total. The summed E-state index contributed by atoms with van der Waals surface area (Å²) in [4.78, 5) is 12.8. The molecule has 2 heterocycles. The molecule has 1 aliphatic heterocycles. The Bertz CT molecular complexity index is 1530. The van der Waals surface area contributed by atoms with Crippen LogP contribution in [-0.4, -0.2) is 31.2 Å². The van der Waals surface area contributed by atoms with E-state index in [1.165, 1.54) is 18.2 Å². The van der Waals surface area contributed by atoms with E-state index in [-0.39, 0.29) is 24.8 Å². The number of alkyl halides is 3. The Morgan fingerprint density at radius 2 is 1.76 bits per heavy atom. The minimum atomic E-state index is -4.40. The van der Waals surface area contributed by atoms with Crippen LogP contribution in [0.2, 0.25) is 0 Å². The second-order valence-corrected chi connectivity index (χ2v) is 10.7. The first kappa shape index (κ1) is 25.8. The molecule has 5 rings (SSSR count). The van der Waals surface area contributed by atoms with Crippen LogP contribution < -0.4 is 10.1 Å². The van der Waals surface area contributed by atoms with E-state index in [0.29, 0.717) is 34.3 Å². The van der Waals surface area contributed by atoms with Crippen LogP contribution in [0.4, 0.5) is 13.2 Å². The van der Waals surface area contributed by atoms with Gasteiger partial charge in [0, 0.05) is 24.5 Å². The maximum Gasteiger partial charge on any atom is 0.416 e. The molecule has 1 saturated heterocycles. The minimum Gasteiger partial charge on any atom is -0.489 e. The molecule has 11 heteroatoms. The number of rotatable bonds is 8. The van der Waals surface area contributed by atoms with E-state index >= 15 is 0 Å². The first-order valence-electron chi connectivity index (χ1n) is 11.8. The summed E-state index contributed by atoms with van der Waals surface area (Å²) < 4.78 is 76.6. The number of nitrogens with one attached hydrogen (secondary N) is 1. The van der Waals surface area contributed by atoms with Crippen LogP contribution in [0.1, 0.15) is 23.1 Å². The molecule has 38 heavy (non-hydrogen) atoms. The van der Waals surface area contributed by atoms with E-state index in [9.17, 15) is 26.4 Å². The van der Waals surface area contributed by atoms with E-state index in [1.54, 1.807) is 48.5 Å². The highest BCUT2D eigenvalue weighted by atomic mass is 32.2. The zero-order valence-corrected chi connectivity index (χ0v) is 20.8. The van der Waals surface area contributed by atoms with Gasteiger partial charge >= 0.3 is 6.18 Å². The van der Waals surface area contributed by atoms with E-state index in [2.05, 4.69) is 5.32 Å². The molecule has 0 bridgehead atoms. The predicted octanol–water partition coefficient (Wildman–Crippen LogP) is 5.11. The van der Waals surface area contributed by atoms with Crippen molar-refractivity contribution in [3.63, 3.8) is 0 Å². The summed E-state index contributed by atoms with van der Waals surface area (Å²) in [5.74, 6) is 0.0568. The standard InChI is InChI=1S/C27H23F3N2O5S/c28-27(29,30)21-10-8-18(9-11-21)17-36-22-6-3-4-19(14-22)16-31-26(33)23-12-13-32(23)38(34,35)25-15-20-5-1-2-7-24(20)37-25/h1-11,14-15,23H,12-13,16-17H2,(H,31,33)/t23-/m0/s1. The summed E-state index contributed by atoms with van der Waals surface area (Å²) >= 11 is 0. The molecule has 0 saturated carbocycles. The minimum absolute atomic E-state index is 0.0740. The van der Waals surface area contributed by atoms with Gasteiger partial charge in [-0.25, -0.2) is 8.42 Å². The number of sulfonamides is 1. The Hall–Kier alpha value is -3.83. The number of ether oxygens (including phenoxy) is 1. The lowest BCUT2D eigenvalue weighted by Crippen LogP contribution is -2.57. The van der Waals surface area contributed by atoms with Crippen molar-refractivity contribution in [2.75, 3.05) is 6.54 Å². The second-order valence-electron chi connectivity index (χ2n) is 8.87. The molecule has 1 aliphatic rings. The maximum atomic E-state index is 13.1. The molecule has 198 valence electrons. The second kappa shape index (κ2) is 10.1. The number of hydrogen-bond donors (Lipinski definition) is 1. The van der Waals surface area contributed by atoms with Gasteiger partial charge in [-0.05, 0) is 47.9 Å². The van der Waals surface area contributed by atoms with Gasteiger partial charge in [-0.15, -0.1) is 0 Å². The fourth-order valence-corrected chi connectivity index (χ4v) is 5.71. The monoisotopic (exact) mass is 544 g/mol. The highest BCUT2D eigenvalue weighted by Gasteiger charge is 2.44. The zero-order valence-electron chi connectivity index (χ0n) is 19.9. The summed E-state index contributed by atoms with van der Waals surface area (Å²) in [7, 11) is -3.97. The SMILES string of the molecule is O=C(NCc1cccc(OCc2ccc(C(F)(F)F)cc2)c1)[C@@H]1CCN1S(=O)(=O)c1cc2ccccc2o1. The average Bonchev–Trinajstić information content (AvgIpc) is 3.31. The third-order valence-electron chi connectivity index (χ3n) is 6.29. The van der Waals surface area contributed by atoms with Crippen LogP contribution in [0.25, 0.3) is 11.0 Å². The molecule has 4 aromatic rings. The van der Waals surface area contributed by atoms with Crippen molar-refractivity contribution in [3.8, 4) is 5.75 Å². The molecule has 1 aromatic heterocycles. The number of furan rings is 1. The van der Waals surface area contributed by atoms with Gasteiger partial charge in [0.15, 0.2) is 0 Å². The number of carbonyl (C=O) groups is 1. The van der Waals surface area contributed by atoms with Gasteiger partial charge in [0.25, 0.3) is 10.0 Å². The molecule has 0 spiro atoms. The van der Waals surface area contributed by atoms with E-state index in [0.717, 1.165) is 16.4 Å². The van der Waals surface area contributed by atoms with E-state index in [4.69, 9.17) is 9.15 Å². The molecule has 1 atom stereocenters. The summed E-state index contributed by atoms with van der Waals surface area (Å²) in [6.07, 6.45) is -4.01. The Balaban J connectivity index is 1.17. The quantitative estimate of drug-likeness (QED) is 0.333. The molecule has 1 N–H and O–H groups in total. The predicted molar refractivity (Wildman–Crippen MR) is 133 cm³/mol. The Morgan fingerprint density at radius 3 is 2.45 bits per heavy atom. The van der Waals surface area contributed by atoms with Gasteiger partial charge in [0.2, 0.25) is 11.0 Å². The van der Waals surface area contributed by atoms with Gasteiger partial charge in [0.1, 0.15) is 24.0 Å². The zero-order chi connectivity index (χ0) is 26.9. The van der Waals surface area contributed by atoms with E-state index < -0.39 is 33.7 Å². The Morgan fingerprint density at radius 1 is 1.00 bits per heavy atom. The van der Waals surface area contributed by atoms with Crippen LogP contribution >= 0.6 is 0 Å². The summed E-state index contributed by atoms with van der Waals surface area (Å²) in [6, 6.07) is 19.2. The normalized spacial score (nSPS) is 16.2. The number of carbonyl (C=O) groups excluding carboxylic acids is 1. The van der Waals surface area contributed by atoms with Crippen LogP contribution in [0.5, 0.6) is 5.75 Å². The third kappa shape index (κ3) is 5.39. The summed E-state index contributed by atoms with van der Waals surface area (Å²) in [5.41, 5.74) is 1.02. The molecule has 0 unspecified atom stereocenters. The van der Waals surface area contributed by atoms with Gasteiger partial charge in [-0.3, -0.25) is 4.79 Å². The van der Waals surface area contributed by atoms with Crippen molar-refractivity contribution < 1.29 is 35.5 Å². The number of hydrogen-bond acceptors (Lipinski definition) is 5. The molecule has 1 amide bonds.